The number of pyridine rings is 2. The van der Waals surface area contributed by atoms with E-state index in [-0.39, 0.29) is 22.3 Å². The molecule has 146 valence electrons. The van der Waals surface area contributed by atoms with Crippen molar-refractivity contribution in [2.75, 3.05) is 36.6 Å². The number of hydrogen-bond acceptors (Lipinski definition) is 7. The minimum absolute atomic E-state index is 0.0218. The van der Waals surface area contributed by atoms with E-state index < -0.39 is 28.5 Å². The van der Waals surface area contributed by atoms with E-state index in [1.165, 1.54) is 7.11 Å². The molecule has 2 aromatic heterocycles. The van der Waals surface area contributed by atoms with Crippen LogP contribution in [0.15, 0.2) is 35.4 Å². The van der Waals surface area contributed by atoms with Crippen molar-refractivity contribution in [3.63, 3.8) is 0 Å². The number of methoxy groups -OCH3 is 1. The molecule has 0 atom stereocenters. The number of H-pyrrole nitrogens is 1. The summed E-state index contributed by atoms with van der Waals surface area (Å²) in [5.41, 5.74) is 3.99. The second kappa shape index (κ2) is 7.82. The molecule has 1 aromatic carbocycles. The topological polar surface area (TPSA) is 142 Å². The third-order valence-corrected chi connectivity index (χ3v) is 4.09. The third-order valence-electron chi connectivity index (χ3n) is 4.09. The van der Waals surface area contributed by atoms with Gasteiger partial charge >= 0.3 is 5.97 Å². The fourth-order valence-electron chi connectivity index (χ4n) is 2.80. The van der Waals surface area contributed by atoms with Crippen molar-refractivity contribution in [1.82, 2.24) is 9.97 Å². The molecule has 0 spiro atoms. The number of nitrogens with two attached hydrogens (primary N) is 1. The van der Waals surface area contributed by atoms with Crippen LogP contribution < -0.4 is 26.5 Å². The SMILES string of the molecule is COc1c(NCCNc2ccccn2)c(F)c(N)c2c(=O)c(C(=O)O)c[nH]c12. The first kappa shape index (κ1) is 19.0. The van der Waals surface area contributed by atoms with Crippen LogP contribution in [0.5, 0.6) is 5.75 Å². The fraction of sp³-hybridized carbons (Fsp3) is 0.167. The first-order valence-electron chi connectivity index (χ1n) is 8.28. The lowest BCUT2D eigenvalue weighted by Crippen LogP contribution is -2.19. The molecule has 0 amide bonds. The van der Waals surface area contributed by atoms with Crippen LogP contribution in [0, 0.1) is 5.82 Å². The molecule has 0 bridgehead atoms. The van der Waals surface area contributed by atoms with Gasteiger partial charge in [-0.1, -0.05) is 6.07 Å². The van der Waals surface area contributed by atoms with Crippen LogP contribution in [0.3, 0.4) is 0 Å². The van der Waals surface area contributed by atoms with E-state index in [0.29, 0.717) is 18.9 Å². The van der Waals surface area contributed by atoms with Gasteiger partial charge < -0.3 is 31.2 Å². The van der Waals surface area contributed by atoms with Crippen LogP contribution in [0.2, 0.25) is 0 Å². The zero-order valence-electron chi connectivity index (χ0n) is 14.9. The monoisotopic (exact) mass is 387 g/mol. The summed E-state index contributed by atoms with van der Waals surface area (Å²) >= 11 is 0. The number of carboxylic acids is 1. The molecule has 0 saturated carbocycles. The predicted octanol–water partition coefficient (Wildman–Crippen LogP) is 1.88. The molecule has 0 aliphatic carbocycles. The highest BCUT2D eigenvalue weighted by molar-refractivity contribution is 6.02. The number of aromatic carboxylic acids is 1. The van der Waals surface area contributed by atoms with E-state index >= 15 is 0 Å². The minimum Gasteiger partial charge on any atom is -0.492 e. The van der Waals surface area contributed by atoms with Crippen LogP contribution >= 0.6 is 0 Å². The zero-order chi connectivity index (χ0) is 20.3. The normalized spacial score (nSPS) is 10.6. The first-order chi connectivity index (χ1) is 13.5. The first-order valence-corrected chi connectivity index (χ1v) is 8.28. The summed E-state index contributed by atoms with van der Waals surface area (Å²) in [5, 5.41) is 14.8. The number of ether oxygens (including phenoxy) is 1. The van der Waals surface area contributed by atoms with E-state index in [1.54, 1.807) is 18.3 Å². The Hall–Kier alpha value is -3.82. The maximum Gasteiger partial charge on any atom is 0.341 e. The summed E-state index contributed by atoms with van der Waals surface area (Å²) in [4.78, 5) is 30.3. The van der Waals surface area contributed by atoms with E-state index in [2.05, 4.69) is 20.6 Å². The number of halogens is 1. The van der Waals surface area contributed by atoms with Crippen LogP contribution in [0.4, 0.5) is 21.6 Å². The number of rotatable bonds is 7. The summed E-state index contributed by atoms with van der Waals surface area (Å²) in [6.45, 7) is 0.721. The van der Waals surface area contributed by atoms with Crippen molar-refractivity contribution in [2.24, 2.45) is 0 Å². The summed E-state index contributed by atoms with van der Waals surface area (Å²) < 4.78 is 20.1. The lowest BCUT2D eigenvalue weighted by atomic mass is 10.1. The number of carboxylic acid groups (broad SMARTS) is 1. The average molecular weight is 387 g/mol. The maximum absolute atomic E-state index is 14.8. The summed E-state index contributed by atoms with van der Waals surface area (Å²) in [5.74, 6) is -1.64. The Bertz CT molecular complexity index is 1090. The lowest BCUT2D eigenvalue weighted by Gasteiger charge is -2.17. The molecule has 0 fully saturated rings. The smallest absolute Gasteiger partial charge is 0.341 e. The Kier molecular flexibility index (Phi) is 5.30. The molecule has 0 unspecified atom stereocenters. The van der Waals surface area contributed by atoms with Crippen molar-refractivity contribution >= 4 is 34.1 Å². The largest absolute Gasteiger partial charge is 0.492 e. The van der Waals surface area contributed by atoms with E-state index in [4.69, 9.17) is 15.6 Å². The molecule has 2 heterocycles. The molecule has 0 aliphatic rings. The van der Waals surface area contributed by atoms with Crippen LogP contribution in [-0.4, -0.2) is 41.2 Å². The number of benzene rings is 1. The number of carbonyl (C=O) groups is 1. The summed E-state index contributed by atoms with van der Waals surface area (Å²) in [7, 11) is 1.31. The molecule has 0 aliphatic heterocycles. The molecular formula is C18H18FN5O4. The molecule has 3 aromatic rings. The van der Waals surface area contributed by atoms with Gasteiger partial charge in [-0.3, -0.25) is 4.79 Å². The Morgan fingerprint density at radius 3 is 2.75 bits per heavy atom. The van der Waals surface area contributed by atoms with Crippen LogP contribution in [-0.2, 0) is 0 Å². The molecule has 9 nitrogen and oxygen atoms in total. The number of aromatic amines is 1. The van der Waals surface area contributed by atoms with Crippen LogP contribution in [0.25, 0.3) is 10.9 Å². The molecule has 28 heavy (non-hydrogen) atoms. The highest BCUT2D eigenvalue weighted by Crippen LogP contribution is 2.38. The number of anilines is 3. The minimum atomic E-state index is -1.44. The Morgan fingerprint density at radius 1 is 1.36 bits per heavy atom. The van der Waals surface area contributed by atoms with Gasteiger partial charge in [-0.05, 0) is 12.1 Å². The Balaban J connectivity index is 1.94. The summed E-state index contributed by atoms with van der Waals surface area (Å²) in [6.07, 6.45) is 2.67. The van der Waals surface area contributed by atoms with Crippen molar-refractivity contribution in [2.45, 2.75) is 0 Å². The second-order valence-corrected chi connectivity index (χ2v) is 5.79. The van der Waals surface area contributed by atoms with Gasteiger partial charge in [0, 0.05) is 25.5 Å². The van der Waals surface area contributed by atoms with Gasteiger partial charge in [-0.2, -0.15) is 0 Å². The number of nitrogens with one attached hydrogen (secondary N) is 3. The fourth-order valence-corrected chi connectivity index (χ4v) is 2.80. The average Bonchev–Trinajstić information content (AvgIpc) is 2.69. The second-order valence-electron chi connectivity index (χ2n) is 5.79. The van der Waals surface area contributed by atoms with Crippen LogP contribution in [0.1, 0.15) is 10.4 Å². The zero-order valence-corrected chi connectivity index (χ0v) is 14.9. The van der Waals surface area contributed by atoms with Crippen molar-refractivity contribution in [3.05, 3.63) is 52.2 Å². The number of hydrogen-bond donors (Lipinski definition) is 5. The highest BCUT2D eigenvalue weighted by Gasteiger charge is 2.23. The molecular weight excluding hydrogens is 369 g/mol. The van der Waals surface area contributed by atoms with Gasteiger partial charge in [-0.25, -0.2) is 14.2 Å². The third kappa shape index (κ3) is 3.39. The van der Waals surface area contributed by atoms with E-state index in [0.717, 1.165) is 6.20 Å². The Morgan fingerprint density at radius 2 is 2.11 bits per heavy atom. The summed E-state index contributed by atoms with van der Waals surface area (Å²) in [6, 6.07) is 5.41. The van der Waals surface area contributed by atoms with Gasteiger partial charge in [0.05, 0.1) is 23.7 Å². The van der Waals surface area contributed by atoms with E-state index in [9.17, 15) is 14.0 Å². The van der Waals surface area contributed by atoms with Gasteiger partial charge in [0.1, 0.15) is 17.1 Å². The molecule has 3 rings (SSSR count). The predicted molar refractivity (Wildman–Crippen MR) is 104 cm³/mol. The number of nitrogens with zero attached hydrogens (tertiary/aromatic N) is 1. The quantitative estimate of drug-likeness (QED) is 0.305. The lowest BCUT2D eigenvalue weighted by molar-refractivity contribution is 0.0695. The highest BCUT2D eigenvalue weighted by atomic mass is 19.1. The van der Waals surface area contributed by atoms with Gasteiger partial charge in [0.25, 0.3) is 0 Å². The molecule has 6 N–H and O–H groups in total. The van der Waals surface area contributed by atoms with Gasteiger partial charge in [0.2, 0.25) is 5.43 Å². The van der Waals surface area contributed by atoms with Crippen molar-refractivity contribution < 1.29 is 19.0 Å². The maximum atomic E-state index is 14.8. The molecule has 10 heteroatoms. The number of nitrogen functional groups attached to an aromatic ring is 1. The standard InChI is InChI=1S/C18H18FN5O4/c1-28-17-14-11(16(25)9(8-24-14)18(26)27)13(20)12(19)15(17)23-7-6-22-10-4-2-3-5-21-10/h2-5,8,23H,6-7,20H2,1H3,(H,21,22)(H,24,25)(H,26,27). The molecule has 0 radical (unpaired) electrons. The van der Waals surface area contributed by atoms with Crippen molar-refractivity contribution in [1.29, 1.82) is 0 Å². The van der Waals surface area contributed by atoms with Gasteiger partial charge in [0.15, 0.2) is 11.6 Å². The van der Waals surface area contributed by atoms with Gasteiger partial charge in [-0.15, -0.1) is 0 Å². The van der Waals surface area contributed by atoms with Crippen molar-refractivity contribution in [3.8, 4) is 5.75 Å². The van der Waals surface area contributed by atoms with E-state index in [1.807, 2.05) is 6.07 Å². The Labute approximate surface area is 158 Å². The number of aromatic nitrogens is 2. The molecule has 0 saturated heterocycles. The number of fused-ring (bicyclic) bond motifs is 1.